The van der Waals surface area contributed by atoms with Gasteiger partial charge in [0.15, 0.2) is 0 Å². The van der Waals surface area contributed by atoms with E-state index in [1.165, 1.54) is 18.0 Å². The molecule has 1 aromatic heterocycles. The first-order valence-electron chi connectivity index (χ1n) is 6.61. The Kier molecular flexibility index (Phi) is 4.35. The first-order chi connectivity index (χ1) is 11.0. The lowest BCUT2D eigenvalue weighted by atomic mass is 10.3. The highest BCUT2D eigenvalue weighted by Gasteiger charge is 2.20. The molecular weight excluding hydrogens is 340 g/mol. The quantitative estimate of drug-likeness (QED) is 0.876. The predicted molar refractivity (Wildman–Crippen MR) is 87.9 cm³/mol. The second-order valence-corrected chi connectivity index (χ2v) is 6.19. The molecule has 0 radical (unpaired) electrons. The number of hydrogen-bond donors (Lipinski definition) is 2. The lowest BCUT2D eigenvalue weighted by molar-refractivity contribution is -0.117. The van der Waals surface area contributed by atoms with Gasteiger partial charge in [0.05, 0.1) is 16.8 Å². The summed E-state index contributed by atoms with van der Waals surface area (Å²) in [5.74, 6) is -0.408. The Morgan fingerprint density at radius 3 is 2.83 bits per heavy atom. The largest absolute Gasteiger partial charge is 0.324 e. The summed E-state index contributed by atoms with van der Waals surface area (Å²) in [5.41, 5.74) is 0.226. The summed E-state index contributed by atoms with van der Waals surface area (Å²) < 4.78 is 1.01. The van der Waals surface area contributed by atoms with Crippen LogP contribution in [0.25, 0.3) is 0 Å². The van der Waals surface area contributed by atoms with Crippen LogP contribution >= 0.6 is 23.4 Å². The molecule has 1 aliphatic rings. The minimum Gasteiger partial charge on any atom is -0.324 e. The zero-order valence-corrected chi connectivity index (χ0v) is 13.3. The lowest BCUT2D eigenvalue weighted by Gasteiger charge is -2.16. The fraction of sp³-hybridized carbons (Fsp3) is 0.143. The molecule has 118 valence electrons. The van der Waals surface area contributed by atoms with Gasteiger partial charge in [0.2, 0.25) is 11.8 Å². The van der Waals surface area contributed by atoms with Gasteiger partial charge in [-0.1, -0.05) is 11.6 Å². The number of nitrogens with zero attached hydrogens (tertiary/aromatic N) is 2. The lowest BCUT2D eigenvalue weighted by Crippen LogP contribution is -2.34. The number of thioether (sulfide) groups is 1. The minimum absolute atomic E-state index is 0.167. The van der Waals surface area contributed by atoms with E-state index in [-0.39, 0.29) is 23.9 Å². The van der Waals surface area contributed by atoms with Crippen LogP contribution in [0.5, 0.6) is 0 Å². The Hall–Kier alpha value is -2.32. The monoisotopic (exact) mass is 350 g/mol. The molecular formula is C14H11ClN4O3S. The van der Waals surface area contributed by atoms with Gasteiger partial charge in [-0.15, -0.1) is 11.8 Å². The highest BCUT2D eigenvalue weighted by molar-refractivity contribution is 8.00. The molecule has 2 amide bonds. The molecule has 2 aromatic rings. The van der Waals surface area contributed by atoms with Crippen molar-refractivity contribution in [2.75, 3.05) is 16.4 Å². The molecule has 0 aliphatic carbocycles. The van der Waals surface area contributed by atoms with E-state index in [0.717, 1.165) is 4.68 Å². The fourth-order valence-electron chi connectivity index (χ4n) is 2.00. The zero-order valence-electron chi connectivity index (χ0n) is 11.7. The molecule has 0 fully saturated rings. The van der Waals surface area contributed by atoms with E-state index in [1.54, 1.807) is 24.3 Å². The molecule has 0 saturated heterocycles. The molecule has 7 nitrogen and oxygen atoms in total. The highest BCUT2D eigenvalue weighted by atomic mass is 35.5. The second kappa shape index (κ2) is 6.43. The number of amides is 2. The number of anilines is 2. The van der Waals surface area contributed by atoms with Crippen molar-refractivity contribution < 1.29 is 9.59 Å². The van der Waals surface area contributed by atoms with E-state index in [0.29, 0.717) is 15.6 Å². The number of hydrogen-bond acceptors (Lipinski definition) is 5. The molecule has 2 heterocycles. The normalized spacial score (nSPS) is 13.2. The molecule has 0 atom stereocenters. The van der Waals surface area contributed by atoms with Gasteiger partial charge >= 0.3 is 0 Å². The van der Waals surface area contributed by atoms with Crippen molar-refractivity contribution in [3.05, 3.63) is 45.8 Å². The first kappa shape index (κ1) is 15.6. The number of aromatic nitrogens is 2. The van der Waals surface area contributed by atoms with Crippen LogP contribution in [-0.2, 0) is 16.1 Å². The van der Waals surface area contributed by atoms with Crippen LogP contribution in [0.15, 0.2) is 40.2 Å². The van der Waals surface area contributed by atoms with Gasteiger partial charge < -0.3 is 10.6 Å². The number of carbonyl (C=O) groups excluding carboxylic acids is 2. The van der Waals surface area contributed by atoms with Crippen molar-refractivity contribution in [2.24, 2.45) is 0 Å². The third kappa shape index (κ3) is 3.54. The van der Waals surface area contributed by atoms with E-state index in [9.17, 15) is 14.4 Å². The molecule has 23 heavy (non-hydrogen) atoms. The Labute approximate surface area is 140 Å². The summed E-state index contributed by atoms with van der Waals surface area (Å²) in [5, 5.41) is 9.68. The van der Waals surface area contributed by atoms with Gasteiger partial charge in [-0.05, 0) is 24.3 Å². The number of nitrogens with one attached hydrogen (secondary N) is 2. The highest BCUT2D eigenvalue weighted by Crippen LogP contribution is 2.27. The molecule has 1 aromatic carbocycles. The standard InChI is InChI=1S/C14H11ClN4O3S/c15-8-1-3-9(4-2-8)17-11(20)6-19-14(22)13-10(5-16-19)23-7-12(21)18-13/h1-5H,6-7H2,(H,17,20)(H,18,21). The smallest absolute Gasteiger partial charge is 0.292 e. The molecule has 3 rings (SSSR count). The number of fused-ring (bicyclic) bond motifs is 1. The third-order valence-corrected chi connectivity index (χ3v) is 4.33. The van der Waals surface area contributed by atoms with Crippen molar-refractivity contribution in [2.45, 2.75) is 11.4 Å². The van der Waals surface area contributed by atoms with Crippen molar-refractivity contribution in [3.8, 4) is 0 Å². The fourth-order valence-corrected chi connectivity index (χ4v) is 2.89. The number of benzene rings is 1. The van der Waals surface area contributed by atoms with Crippen LogP contribution in [0.3, 0.4) is 0 Å². The zero-order chi connectivity index (χ0) is 16.4. The van der Waals surface area contributed by atoms with Gasteiger partial charge in [0, 0.05) is 10.7 Å². The van der Waals surface area contributed by atoms with Crippen LogP contribution < -0.4 is 16.2 Å². The topological polar surface area (TPSA) is 93.1 Å². The first-order valence-corrected chi connectivity index (χ1v) is 7.97. The van der Waals surface area contributed by atoms with Crippen LogP contribution in [0.4, 0.5) is 11.4 Å². The molecule has 1 aliphatic heterocycles. The molecule has 2 N–H and O–H groups in total. The average molecular weight is 351 g/mol. The Bertz CT molecular complexity index is 835. The Morgan fingerprint density at radius 1 is 1.35 bits per heavy atom. The van der Waals surface area contributed by atoms with Crippen LogP contribution in [-0.4, -0.2) is 27.3 Å². The maximum Gasteiger partial charge on any atom is 0.292 e. The van der Waals surface area contributed by atoms with Gasteiger partial charge in [0.25, 0.3) is 5.56 Å². The van der Waals surface area contributed by atoms with Crippen LogP contribution in [0.2, 0.25) is 5.02 Å². The molecule has 0 unspecified atom stereocenters. The Morgan fingerprint density at radius 2 is 2.09 bits per heavy atom. The van der Waals surface area contributed by atoms with Gasteiger partial charge in [-0.2, -0.15) is 5.10 Å². The molecule has 0 bridgehead atoms. The van der Waals surface area contributed by atoms with Crippen molar-refractivity contribution in [3.63, 3.8) is 0 Å². The third-order valence-electron chi connectivity index (χ3n) is 3.05. The molecule has 9 heteroatoms. The van der Waals surface area contributed by atoms with Crippen molar-refractivity contribution in [1.29, 1.82) is 0 Å². The maximum atomic E-state index is 12.3. The van der Waals surface area contributed by atoms with E-state index < -0.39 is 11.5 Å². The second-order valence-electron chi connectivity index (χ2n) is 4.74. The molecule has 0 spiro atoms. The number of halogens is 1. The number of carbonyl (C=O) groups is 2. The summed E-state index contributed by atoms with van der Waals surface area (Å²) in [4.78, 5) is 36.3. The Balaban J connectivity index is 1.76. The van der Waals surface area contributed by atoms with E-state index in [1.807, 2.05) is 0 Å². The van der Waals surface area contributed by atoms with E-state index in [4.69, 9.17) is 11.6 Å². The summed E-state index contributed by atoms with van der Waals surface area (Å²) in [6, 6.07) is 6.60. The average Bonchev–Trinajstić information content (AvgIpc) is 2.53. The van der Waals surface area contributed by atoms with Gasteiger partial charge in [0.1, 0.15) is 12.2 Å². The summed E-state index contributed by atoms with van der Waals surface area (Å²) in [6.45, 7) is -0.255. The minimum atomic E-state index is -0.505. The van der Waals surface area contributed by atoms with Crippen LogP contribution in [0.1, 0.15) is 0 Å². The van der Waals surface area contributed by atoms with Crippen LogP contribution in [0, 0.1) is 0 Å². The number of rotatable bonds is 3. The maximum absolute atomic E-state index is 12.3. The summed E-state index contributed by atoms with van der Waals surface area (Å²) >= 11 is 7.02. The van der Waals surface area contributed by atoms with Gasteiger partial charge in [-0.25, -0.2) is 4.68 Å². The van der Waals surface area contributed by atoms with E-state index in [2.05, 4.69) is 15.7 Å². The summed E-state index contributed by atoms with van der Waals surface area (Å²) in [7, 11) is 0. The van der Waals surface area contributed by atoms with Crippen molar-refractivity contribution >= 4 is 46.6 Å². The molecule has 0 saturated carbocycles. The SMILES string of the molecule is O=C(Cn1ncc2c(c1=O)NC(=O)CS2)Nc1ccc(Cl)cc1. The van der Waals surface area contributed by atoms with E-state index >= 15 is 0 Å². The van der Waals surface area contributed by atoms with Crippen molar-refractivity contribution in [1.82, 2.24) is 9.78 Å². The summed E-state index contributed by atoms with van der Waals surface area (Å²) in [6.07, 6.45) is 1.47. The predicted octanol–water partition coefficient (Wildman–Crippen LogP) is 1.58. The van der Waals surface area contributed by atoms with Gasteiger partial charge in [-0.3, -0.25) is 14.4 Å².